The van der Waals surface area contributed by atoms with E-state index >= 15 is 0 Å². The van der Waals surface area contributed by atoms with Crippen molar-refractivity contribution in [3.63, 3.8) is 0 Å². The van der Waals surface area contributed by atoms with Crippen LogP contribution in [0, 0.1) is 6.92 Å². The van der Waals surface area contributed by atoms with E-state index in [0.717, 1.165) is 24.3 Å². The highest BCUT2D eigenvalue weighted by atomic mass is 14.9. The van der Waals surface area contributed by atoms with Crippen molar-refractivity contribution in [2.75, 3.05) is 13.1 Å². The summed E-state index contributed by atoms with van der Waals surface area (Å²) in [7, 11) is 0. The van der Waals surface area contributed by atoms with Gasteiger partial charge in [-0.2, -0.15) is 0 Å². The van der Waals surface area contributed by atoms with Gasteiger partial charge in [-0.1, -0.05) is 18.2 Å². The summed E-state index contributed by atoms with van der Waals surface area (Å²) in [6.07, 6.45) is 0. The van der Waals surface area contributed by atoms with Crippen LogP contribution in [0.5, 0.6) is 0 Å². The molecule has 3 N–H and O–H groups in total. The van der Waals surface area contributed by atoms with E-state index in [4.69, 9.17) is 5.73 Å². The van der Waals surface area contributed by atoms with Gasteiger partial charge in [-0.3, -0.25) is 4.98 Å². The molecule has 16 heavy (non-hydrogen) atoms. The van der Waals surface area contributed by atoms with Crippen molar-refractivity contribution in [3.05, 3.63) is 41.6 Å². The van der Waals surface area contributed by atoms with Crippen molar-refractivity contribution in [2.45, 2.75) is 13.5 Å². The van der Waals surface area contributed by atoms with Crippen LogP contribution in [0.4, 0.5) is 0 Å². The highest BCUT2D eigenvalue weighted by Crippen LogP contribution is 2.17. The summed E-state index contributed by atoms with van der Waals surface area (Å²) < 4.78 is 0. The highest BCUT2D eigenvalue weighted by Gasteiger charge is 2.02. The Morgan fingerprint density at radius 2 is 2.12 bits per heavy atom. The molecule has 1 aromatic carbocycles. The van der Waals surface area contributed by atoms with Crippen molar-refractivity contribution >= 4 is 10.9 Å². The normalized spacial score (nSPS) is 10.9. The number of nitrogens with zero attached hydrogens (tertiary/aromatic N) is 1. The summed E-state index contributed by atoms with van der Waals surface area (Å²) >= 11 is 0. The Kier molecular flexibility index (Phi) is 3.49. The summed E-state index contributed by atoms with van der Waals surface area (Å²) in [6.45, 7) is 4.39. The molecule has 3 heteroatoms. The smallest absolute Gasteiger partial charge is 0.0708 e. The lowest BCUT2D eigenvalue weighted by Crippen LogP contribution is -2.22. The Hall–Kier alpha value is -1.45. The van der Waals surface area contributed by atoms with Crippen LogP contribution in [-0.2, 0) is 6.54 Å². The first kappa shape index (κ1) is 11.0. The first-order valence-electron chi connectivity index (χ1n) is 5.57. The number of benzene rings is 1. The molecule has 2 aromatic rings. The van der Waals surface area contributed by atoms with Gasteiger partial charge < -0.3 is 11.1 Å². The van der Waals surface area contributed by atoms with Crippen molar-refractivity contribution in [1.29, 1.82) is 0 Å². The molecule has 0 saturated heterocycles. The van der Waals surface area contributed by atoms with Crippen LogP contribution in [-0.4, -0.2) is 18.1 Å². The second-order valence-electron chi connectivity index (χ2n) is 3.91. The van der Waals surface area contributed by atoms with Crippen LogP contribution in [0.25, 0.3) is 10.9 Å². The van der Waals surface area contributed by atoms with Crippen LogP contribution < -0.4 is 11.1 Å². The van der Waals surface area contributed by atoms with E-state index in [1.54, 1.807) is 0 Å². The summed E-state index contributed by atoms with van der Waals surface area (Å²) in [5, 5.41) is 4.54. The van der Waals surface area contributed by atoms with Gasteiger partial charge >= 0.3 is 0 Å². The molecule has 0 amide bonds. The van der Waals surface area contributed by atoms with Crippen molar-refractivity contribution in [1.82, 2.24) is 10.3 Å². The number of aromatic nitrogens is 1. The second kappa shape index (κ2) is 5.05. The molecule has 0 aliphatic rings. The molecular formula is C13H17N3. The lowest BCUT2D eigenvalue weighted by atomic mass is 10.1. The van der Waals surface area contributed by atoms with Gasteiger partial charge in [0.25, 0.3) is 0 Å². The Morgan fingerprint density at radius 1 is 1.31 bits per heavy atom. The number of fused-ring (bicyclic) bond motifs is 1. The van der Waals surface area contributed by atoms with Gasteiger partial charge in [-0.05, 0) is 24.6 Å². The minimum Gasteiger partial charge on any atom is -0.329 e. The van der Waals surface area contributed by atoms with Crippen LogP contribution in [0.1, 0.15) is 11.3 Å². The van der Waals surface area contributed by atoms with E-state index in [2.05, 4.69) is 28.5 Å². The summed E-state index contributed by atoms with van der Waals surface area (Å²) in [4.78, 5) is 4.51. The molecule has 1 heterocycles. The average Bonchev–Trinajstić information content (AvgIpc) is 2.29. The van der Waals surface area contributed by atoms with Crippen LogP contribution in [0.15, 0.2) is 30.3 Å². The van der Waals surface area contributed by atoms with E-state index in [0.29, 0.717) is 6.54 Å². The third-order valence-corrected chi connectivity index (χ3v) is 2.57. The fourth-order valence-corrected chi connectivity index (χ4v) is 1.87. The zero-order chi connectivity index (χ0) is 11.4. The number of nitrogens with two attached hydrogens (primary N) is 1. The third kappa shape index (κ3) is 2.38. The Labute approximate surface area is 95.7 Å². The monoisotopic (exact) mass is 215 g/mol. The number of nitrogens with one attached hydrogen (secondary N) is 1. The molecule has 84 valence electrons. The molecule has 2 rings (SSSR count). The number of pyridine rings is 1. The van der Waals surface area contributed by atoms with E-state index in [1.165, 1.54) is 10.9 Å². The van der Waals surface area contributed by atoms with E-state index in [1.807, 2.05) is 19.1 Å². The Bertz CT molecular complexity index is 480. The predicted octanol–water partition coefficient (Wildman–Crippen LogP) is 1.59. The molecular weight excluding hydrogens is 198 g/mol. The summed E-state index contributed by atoms with van der Waals surface area (Å²) in [5.74, 6) is 0. The van der Waals surface area contributed by atoms with Crippen molar-refractivity contribution < 1.29 is 0 Å². The molecule has 0 radical (unpaired) electrons. The zero-order valence-corrected chi connectivity index (χ0v) is 9.53. The van der Waals surface area contributed by atoms with Gasteiger partial charge in [0.15, 0.2) is 0 Å². The molecule has 3 nitrogen and oxygen atoms in total. The maximum Gasteiger partial charge on any atom is 0.0708 e. The molecule has 0 bridgehead atoms. The fraction of sp³-hybridized carbons (Fsp3) is 0.308. The van der Waals surface area contributed by atoms with Crippen molar-refractivity contribution in [3.8, 4) is 0 Å². The first-order valence-corrected chi connectivity index (χ1v) is 5.57. The lowest BCUT2D eigenvalue weighted by Gasteiger charge is -2.08. The molecule has 0 aliphatic carbocycles. The molecule has 0 atom stereocenters. The van der Waals surface area contributed by atoms with Gasteiger partial charge in [0.1, 0.15) is 0 Å². The largest absolute Gasteiger partial charge is 0.329 e. The maximum atomic E-state index is 5.46. The predicted molar refractivity (Wildman–Crippen MR) is 67.2 cm³/mol. The second-order valence-corrected chi connectivity index (χ2v) is 3.91. The maximum absolute atomic E-state index is 5.46. The Balaban J connectivity index is 2.34. The number of para-hydroxylation sites is 1. The first-order chi connectivity index (χ1) is 7.81. The van der Waals surface area contributed by atoms with E-state index in [9.17, 15) is 0 Å². The minimum atomic E-state index is 0.669. The molecule has 0 spiro atoms. The molecule has 0 aliphatic heterocycles. The zero-order valence-electron chi connectivity index (χ0n) is 9.53. The summed E-state index contributed by atoms with van der Waals surface area (Å²) in [5.41, 5.74) is 8.87. The van der Waals surface area contributed by atoms with Gasteiger partial charge in [0.2, 0.25) is 0 Å². The Morgan fingerprint density at radius 3 is 2.94 bits per heavy atom. The topological polar surface area (TPSA) is 50.9 Å². The van der Waals surface area contributed by atoms with Crippen molar-refractivity contribution in [2.24, 2.45) is 5.73 Å². The van der Waals surface area contributed by atoms with Crippen LogP contribution in [0.3, 0.4) is 0 Å². The van der Waals surface area contributed by atoms with E-state index in [-0.39, 0.29) is 0 Å². The number of hydrogen-bond acceptors (Lipinski definition) is 3. The third-order valence-electron chi connectivity index (χ3n) is 2.57. The number of hydrogen-bond donors (Lipinski definition) is 2. The van der Waals surface area contributed by atoms with Gasteiger partial charge in [0.05, 0.1) is 5.52 Å². The van der Waals surface area contributed by atoms with Crippen LogP contribution in [0.2, 0.25) is 0 Å². The molecule has 0 fully saturated rings. The SMILES string of the molecule is Cc1cc(CNCCN)c2ccccc2n1. The minimum absolute atomic E-state index is 0.669. The van der Waals surface area contributed by atoms with Gasteiger partial charge in [-0.15, -0.1) is 0 Å². The molecule has 0 saturated carbocycles. The van der Waals surface area contributed by atoms with Gasteiger partial charge in [0, 0.05) is 30.7 Å². The highest BCUT2D eigenvalue weighted by molar-refractivity contribution is 5.82. The molecule has 1 aromatic heterocycles. The van der Waals surface area contributed by atoms with Crippen LogP contribution >= 0.6 is 0 Å². The number of aryl methyl sites for hydroxylation is 1. The van der Waals surface area contributed by atoms with Gasteiger partial charge in [-0.25, -0.2) is 0 Å². The quantitative estimate of drug-likeness (QED) is 0.761. The average molecular weight is 215 g/mol. The number of rotatable bonds is 4. The fourth-order valence-electron chi connectivity index (χ4n) is 1.87. The molecule has 0 unspecified atom stereocenters. The lowest BCUT2D eigenvalue weighted by molar-refractivity contribution is 0.697. The summed E-state index contributed by atoms with van der Waals surface area (Å²) in [6, 6.07) is 10.4. The standard InChI is InChI=1S/C13H17N3/c1-10-8-11(9-15-7-6-14)12-4-2-3-5-13(12)16-10/h2-5,8,15H,6-7,9,14H2,1H3. The van der Waals surface area contributed by atoms with E-state index < -0.39 is 0 Å².